The van der Waals surface area contributed by atoms with Gasteiger partial charge in [0.1, 0.15) is 0 Å². The van der Waals surface area contributed by atoms with E-state index in [2.05, 4.69) is 9.97 Å². The number of hydrogen-bond acceptors (Lipinski definition) is 3. The Morgan fingerprint density at radius 3 is 3.00 bits per heavy atom. The smallest absolute Gasteiger partial charge is 0.270 e. The third-order valence-corrected chi connectivity index (χ3v) is 1.04. The number of nitrogens with one attached hydrogen (secondary N) is 1. The fourth-order valence-electron chi connectivity index (χ4n) is 0.613. The maximum atomic E-state index is 10.5. The van der Waals surface area contributed by atoms with Crippen molar-refractivity contribution in [2.75, 3.05) is 7.11 Å². The molecule has 5 nitrogen and oxygen atoms in total. The van der Waals surface area contributed by atoms with E-state index in [4.69, 9.17) is 10.5 Å². The maximum absolute atomic E-state index is 10.5. The van der Waals surface area contributed by atoms with Gasteiger partial charge in [-0.25, -0.2) is 4.98 Å². The van der Waals surface area contributed by atoms with E-state index in [-0.39, 0.29) is 11.6 Å². The Bertz CT molecular complexity index is 243. The van der Waals surface area contributed by atoms with Crippen LogP contribution in [-0.2, 0) is 0 Å². The van der Waals surface area contributed by atoms with Crippen LogP contribution in [-0.4, -0.2) is 23.0 Å². The van der Waals surface area contributed by atoms with Crippen molar-refractivity contribution in [3.63, 3.8) is 0 Å². The molecule has 1 aromatic rings. The number of ether oxygens (including phenoxy) is 1. The van der Waals surface area contributed by atoms with Crippen LogP contribution in [0.2, 0.25) is 0 Å². The first-order chi connectivity index (χ1) is 4.75. The quantitative estimate of drug-likeness (QED) is 0.583. The van der Waals surface area contributed by atoms with Crippen molar-refractivity contribution >= 4 is 5.91 Å². The van der Waals surface area contributed by atoms with Crippen LogP contribution in [0.4, 0.5) is 0 Å². The number of carbonyl (C=O) groups is 1. The molecule has 0 saturated heterocycles. The number of rotatable bonds is 2. The van der Waals surface area contributed by atoms with Gasteiger partial charge in [-0.05, 0) is 0 Å². The monoisotopic (exact) mass is 141 g/mol. The summed E-state index contributed by atoms with van der Waals surface area (Å²) in [6, 6.07) is 0. The zero-order valence-electron chi connectivity index (χ0n) is 5.42. The van der Waals surface area contributed by atoms with Crippen LogP contribution in [0.1, 0.15) is 10.5 Å². The average Bonchev–Trinajstić information content (AvgIpc) is 2.33. The number of primary amides is 1. The molecule has 1 amide bonds. The Labute approximate surface area is 57.2 Å². The highest BCUT2D eigenvalue weighted by molar-refractivity contribution is 5.92. The number of amides is 1. The van der Waals surface area contributed by atoms with Crippen molar-refractivity contribution in [1.82, 2.24) is 9.97 Å². The lowest BCUT2D eigenvalue weighted by atomic mass is 10.4. The SMILES string of the molecule is COc1nc[nH]c1C(N)=O. The number of aromatic amines is 1. The van der Waals surface area contributed by atoms with E-state index < -0.39 is 5.91 Å². The summed E-state index contributed by atoms with van der Waals surface area (Å²) in [6.45, 7) is 0. The normalized spacial score (nSPS) is 9.30. The summed E-state index contributed by atoms with van der Waals surface area (Å²) >= 11 is 0. The Hall–Kier alpha value is -1.52. The molecule has 0 fully saturated rings. The largest absolute Gasteiger partial charge is 0.479 e. The summed E-state index contributed by atoms with van der Waals surface area (Å²) in [5.41, 5.74) is 5.14. The molecule has 0 aliphatic rings. The van der Waals surface area contributed by atoms with Crippen molar-refractivity contribution in [3.05, 3.63) is 12.0 Å². The van der Waals surface area contributed by atoms with Crippen LogP contribution in [0.25, 0.3) is 0 Å². The second-order valence-corrected chi connectivity index (χ2v) is 1.65. The van der Waals surface area contributed by atoms with Gasteiger partial charge in [-0.2, -0.15) is 0 Å². The number of methoxy groups -OCH3 is 1. The number of nitrogens with zero attached hydrogens (tertiary/aromatic N) is 1. The first kappa shape index (κ1) is 6.60. The number of H-pyrrole nitrogens is 1. The minimum Gasteiger partial charge on any atom is -0.479 e. The molecule has 0 aliphatic carbocycles. The maximum Gasteiger partial charge on any atom is 0.270 e. The minimum absolute atomic E-state index is 0.197. The van der Waals surface area contributed by atoms with E-state index in [0.717, 1.165) is 0 Å². The van der Waals surface area contributed by atoms with Crippen molar-refractivity contribution in [2.24, 2.45) is 5.73 Å². The minimum atomic E-state index is -0.575. The van der Waals surface area contributed by atoms with E-state index in [1.54, 1.807) is 0 Å². The number of imidazole rings is 1. The predicted molar refractivity (Wildman–Crippen MR) is 33.7 cm³/mol. The Kier molecular flexibility index (Phi) is 1.57. The van der Waals surface area contributed by atoms with Gasteiger partial charge in [0.2, 0.25) is 5.88 Å². The van der Waals surface area contributed by atoms with Crippen LogP contribution in [0.5, 0.6) is 5.88 Å². The molecule has 0 saturated carbocycles. The number of hydrogen-bond donors (Lipinski definition) is 2. The molecule has 0 atom stereocenters. The fraction of sp³-hybridized carbons (Fsp3) is 0.200. The molecular formula is C5H7N3O2. The van der Waals surface area contributed by atoms with E-state index >= 15 is 0 Å². The van der Waals surface area contributed by atoms with E-state index in [0.29, 0.717) is 0 Å². The van der Waals surface area contributed by atoms with Gasteiger partial charge in [-0.3, -0.25) is 4.79 Å². The molecule has 0 radical (unpaired) electrons. The highest BCUT2D eigenvalue weighted by Crippen LogP contribution is 2.09. The molecule has 1 heterocycles. The van der Waals surface area contributed by atoms with Crippen molar-refractivity contribution < 1.29 is 9.53 Å². The molecule has 0 bridgehead atoms. The molecule has 10 heavy (non-hydrogen) atoms. The van der Waals surface area contributed by atoms with Crippen molar-refractivity contribution in [2.45, 2.75) is 0 Å². The third-order valence-electron chi connectivity index (χ3n) is 1.04. The van der Waals surface area contributed by atoms with Crippen LogP contribution in [0.3, 0.4) is 0 Å². The van der Waals surface area contributed by atoms with Gasteiger partial charge < -0.3 is 15.5 Å². The van der Waals surface area contributed by atoms with Gasteiger partial charge in [0.15, 0.2) is 5.69 Å². The topological polar surface area (TPSA) is 81.0 Å². The third kappa shape index (κ3) is 0.928. The number of carbonyl (C=O) groups excluding carboxylic acids is 1. The second-order valence-electron chi connectivity index (χ2n) is 1.65. The van der Waals surface area contributed by atoms with Crippen LogP contribution in [0.15, 0.2) is 6.33 Å². The molecular weight excluding hydrogens is 134 g/mol. The summed E-state index contributed by atoms with van der Waals surface area (Å²) in [5, 5.41) is 0. The van der Waals surface area contributed by atoms with Crippen LogP contribution in [0, 0.1) is 0 Å². The van der Waals surface area contributed by atoms with Crippen molar-refractivity contribution in [3.8, 4) is 5.88 Å². The standard InChI is InChI=1S/C5H7N3O2/c1-10-5-3(4(6)9)7-2-8-5/h2H,1H3,(H2,6,9)(H,7,8). The summed E-state index contributed by atoms with van der Waals surface area (Å²) in [7, 11) is 1.42. The highest BCUT2D eigenvalue weighted by atomic mass is 16.5. The Morgan fingerprint density at radius 1 is 1.90 bits per heavy atom. The highest BCUT2D eigenvalue weighted by Gasteiger charge is 2.09. The molecule has 54 valence electrons. The first-order valence-corrected chi connectivity index (χ1v) is 2.63. The lowest BCUT2D eigenvalue weighted by molar-refractivity contribution is 0.0993. The number of nitrogens with two attached hydrogens (primary N) is 1. The number of aromatic nitrogens is 2. The van der Waals surface area contributed by atoms with Gasteiger partial charge in [0.25, 0.3) is 5.91 Å². The Balaban J connectivity index is 3.01. The van der Waals surface area contributed by atoms with E-state index in [1.807, 2.05) is 0 Å². The molecule has 0 spiro atoms. The van der Waals surface area contributed by atoms with E-state index in [9.17, 15) is 4.79 Å². The average molecular weight is 141 g/mol. The van der Waals surface area contributed by atoms with Gasteiger partial charge in [0, 0.05) is 0 Å². The van der Waals surface area contributed by atoms with E-state index in [1.165, 1.54) is 13.4 Å². The van der Waals surface area contributed by atoms with Gasteiger partial charge in [-0.15, -0.1) is 0 Å². The fourth-order valence-corrected chi connectivity index (χ4v) is 0.613. The molecule has 0 aliphatic heterocycles. The van der Waals surface area contributed by atoms with Crippen LogP contribution >= 0.6 is 0 Å². The lowest BCUT2D eigenvalue weighted by Gasteiger charge is -1.93. The van der Waals surface area contributed by atoms with Gasteiger partial charge in [0.05, 0.1) is 13.4 Å². The molecule has 5 heteroatoms. The second kappa shape index (κ2) is 2.38. The summed E-state index contributed by atoms with van der Waals surface area (Å²) < 4.78 is 4.70. The predicted octanol–water partition coefficient (Wildman–Crippen LogP) is -0.483. The summed E-state index contributed by atoms with van der Waals surface area (Å²) in [4.78, 5) is 16.7. The van der Waals surface area contributed by atoms with Gasteiger partial charge >= 0.3 is 0 Å². The summed E-state index contributed by atoms with van der Waals surface area (Å²) in [6.07, 6.45) is 1.35. The molecule has 1 aromatic heterocycles. The zero-order chi connectivity index (χ0) is 7.56. The van der Waals surface area contributed by atoms with Crippen molar-refractivity contribution in [1.29, 1.82) is 0 Å². The zero-order valence-corrected chi connectivity index (χ0v) is 5.42. The molecule has 0 aromatic carbocycles. The molecule has 0 unspecified atom stereocenters. The Morgan fingerprint density at radius 2 is 2.60 bits per heavy atom. The molecule has 3 N–H and O–H groups in total. The van der Waals surface area contributed by atoms with Gasteiger partial charge in [-0.1, -0.05) is 0 Å². The summed E-state index contributed by atoms with van der Waals surface area (Å²) in [5.74, 6) is -0.346. The first-order valence-electron chi connectivity index (χ1n) is 2.63. The van der Waals surface area contributed by atoms with Crippen LogP contribution < -0.4 is 10.5 Å². The lowest BCUT2D eigenvalue weighted by Crippen LogP contribution is -2.12. The molecule has 1 rings (SSSR count).